The van der Waals surface area contributed by atoms with Crippen LogP contribution < -0.4 is 8.85 Å². The van der Waals surface area contributed by atoms with E-state index in [4.69, 9.17) is 0 Å². The standard InChI is InChI=1S/C13H4F10O2Si/c1-26(24-12-8(20)4(16)2(14)5(17)9(12)21)25-13-10(22)6(18)3(15)7(19)11(13)23/h26H,1H3. The molecule has 0 heterocycles. The molecule has 0 spiro atoms. The average molecular weight is 410 g/mol. The number of benzene rings is 2. The third-order valence-electron chi connectivity index (χ3n) is 2.91. The summed E-state index contributed by atoms with van der Waals surface area (Å²) in [7, 11) is -3.75. The monoisotopic (exact) mass is 410 g/mol. The Balaban J connectivity index is 2.39. The molecule has 2 rings (SSSR count). The molecular formula is C13H4F10O2Si. The van der Waals surface area contributed by atoms with E-state index in [2.05, 4.69) is 8.85 Å². The Kier molecular flexibility index (Phi) is 5.39. The van der Waals surface area contributed by atoms with Gasteiger partial charge in [-0.15, -0.1) is 0 Å². The number of halogens is 10. The van der Waals surface area contributed by atoms with Gasteiger partial charge in [-0.1, -0.05) is 0 Å². The first kappa shape index (κ1) is 19.9. The molecular weight excluding hydrogens is 406 g/mol. The highest BCUT2D eigenvalue weighted by molar-refractivity contribution is 6.44. The van der Waals surface area contributed by atoms with Crippen LogP contribution in [-0.2, 0) is 0 Å². The zero-order valence-electron chi connectivity index (χ0n) is 12.2. The summed E-state index contributed by atoms with van der Waals surface area (Å²) in [4.78, 5) is 0. The molecule has 0 aliphatic heterocycles. The van der Waals surface area contributed by atoms with Crippen LogP contribution in [0.1, 0.15) is 0 Å². The maximum absolute atomic E-state index is 13.4. The van der Waals surface area contributed by atoms with Gasteiger partial charge in [0.1, 0.15) is 0 Å². The minimum atomic E-state index is -3.75. The SMILES string of the molecule is C[SiH](Oc1c(F)c(F)c(F)c(F)c1F)Oc1c(F)c(F)c(F)c(F)c1F. The van der Waals surface area contributed by atoms with Gasteiger partial charge in [-0.05, 0) is 6.55 Å². The largest absolute Gasteiger partial charge is 0.509 e. The van der Waals surface area contributed by atoms with Crippen molar-refractivity contribution in [2.45, 2.75) is 6.55 Å². The smallest absolute Gasteiger partial charge is 0.441 e. The molecule has 0 fully saturated rings. The van der Waals surface area contributed by atoms with Crippen molar-refractivity contribution < 1.29 is 52.8 Å². The minimum Gasteiger partial charge on any atom is -0.509 e. The van der Waals surface area contributed by atoms with E-state index in [-0.39, 0.29) is 0 Å². The van der Waals surface area contributed by atoms with E-state index < -0.39 is 79.0 Å². The Morgan fingerprint density at radius 2 is 0.615 bits per heavy atom. The van der Waals surface area contributed by atoms with Gasteiger partial charge in [-0.3, -0.25) is 0 Å². The van der Waals surface area contributed by atoms with Crippen molar-refractivity contribution in [2.75, 3.05) is 0 Å². The average Bonchev–Trinajstić information content (AvgIpc) is 2.62. The molecule has 0 atom stereocenters. The lowest BCUT2D eigenvalue weighted by Gasteiger charge is -2.18. The Bertz CT molecular complexity index is 759. The van der Waals surface area contributed by atoms with E-state index in [1.165, 1.54) is 0 Å². The molecule has 0 saturated heterocycles. The third kappa shape index (κ3) is 3.18. The van der Waals surface area contributed by atoms with E-state index >= 15 is 0 Å². The minimum absolute atomic E-state index is 0.774. The predicted molar refractivity (Wildman–Crippen MR) is 66.7 cm³/mol. The lowest BCUT2D eigenvalue weighted by Crippen LogP contribution is -2.29. The van der Waals surface area contributed by atoms with Gasteiger partial charge in [0.05, 0.1) is 0 Å². The normalized spacial score (nSPS) is 11.2. The molecule has 0 aliphatic carbocycles. The van der Waals surface area contributed by atoms with Gasteiger partial charge in [-0.25, -0.2) is 26.3 Å². The molecule has 0 N–H and O–H groups in total. The second-order valence-corrected chi connectivity index (χ2v) is 6.21. The summed E-state index contributed by atoms with van der Waals surface area (Å²) in [5.41, 5.74) is 0. The summed E-state index contributed by atoms with van der Waals surface area (Å²) in [6.45, 7) is 0.774. The Morgan fingerprint density at radius 3 is 0.846 bits per heavy atom. The Morgan fingerprint density at radius 1 is 0.423 bits per heavy atom. The maximum Gasteiger partial charge on any atom is 0.441 e. The zero-order chi connectivity index (χ0) is 19.9. The molecule has 2 aromatic carbocycles. The van der Waals surface area contributed by atoms with E-state index in [0.717, 1.165) is 6.55 Å². The van der Waals surface area contributed by atoms with Crippen LogP contribution in [0.5, 0.6) is 11.5 Å². The zero-order valence-corrected chi connectivity index (χ0v) is 13.3. The van der Waals surface area contributed by atoms with Crippen molar-refractivity contribution in [1.82, 2.24) is 0 Å². The first-order chi connectivity index (χ1) is 12.0. The first-order valence-corrected chi connectivity index (χ1v) is 8.44. The molecule has 0 amide bonds. The second kappa shape index (κ2) is 7.05. The van der Waals surface area contributed by atoms with Crippen molar-refractivity contribution in [1.29, 1.82) is 0 Å². The van der Waals surface area contributed by atoms with E-state index in [1.54, 1.807) is 0 Å². The van der Waals surface area contributed by atoms with Gasteiger partial charge in [0, 0.05) is 0 Å². The van der Waals surface area contributed by atoms with Gasteiger partial charge >= 0.3 is 9.28 Å². The van der Waals surface area contributed by atoms with Crippen molar-refractivity contribution in [3.05, 3.63) is 58.2 Å². The summed E-state index contributed by atoms with van der Waals surface area (Å²) in [5.74, 6) is -27.7. The van der Waals surface area contributed by atoms with Crippen LogP contribution in [0.4, 0.5) is 43.9 Å². The van der Waals surface area contributed by atoms with Crippen LogP contribution in [0, 0.1) is 58.2 Å². The van der Waals surface area contributed by atoms with Gasteiger partial charge in [0.2, 0.25) is 58.2 Å². The number of hydrogen-bond donors (Lipinski definition) is 0. The molecule has 0 saturated carbocycles. The van der Waals surface area contributed by atoms with Crippen molar-refractivity contribution >= 4 is 9.28 Å². The molecule has 0 radical (unpaired) electrons. The molecule has 0 unspecified atom stereocenters. The van der Waals surface area contributed by atoms with Gasteiger partial charge in [0.15, 0.2) is 11.5 Å². The Labute approximate surface area is 139 Å². The molecule has 13 heteroatoms. The molecule has 2 aromatic rings. The Hall–Kier alpha value is -2.44. The van der Waals surface area contributed by atoms with Crippen LogP contribution in [0.3, 0.4) is 0 Å². The quantitative estimate of drug-likeness (QED) is 0.322. The highest BCUT2D eigenvalue weighted by Crippen LogP contribution is 2.32. The number of hydrogen-bond acceptors (Lipinski definition) is 2. The summed E-state index contributed by atoms with van der Waals surface area (Å²) >= 11 is 0. The maximum atomic E-state index is 13.4. The fourth-order valence-electron chi connectivity index (χ4n) is 1.73. The molecule has 26 heavy (non-hydrogen) atoms. The molecule has 0 aliphatic rings. The van der Waals surface area contributed by atoms with Crippen molar-refractivity contribution in [3.63, 3.8) is 0 Å². The predicted octanol–water partition coefficient (Wildman–Crippen LogP) is 4.39. The van der Waals surface area contributed by atoms with Crippen LogP contribution in [-0.4, -0.2) is 9.28 Å². The summed E-state index contributed by atoms with van der Waals surface area (Å²) in [6.07, 6.45) is 0. The van der Waals surface area contributed by atoms with Gasteiger partial charge < -0.3 is 8.85 Å². The topological polar surface area (TPSA) is 18.5 Å². The lowest BCUT2D eigenvalue weighted by atomic mass is 10.3. The van der Waals surface area contributed by atoms with Gasteiger partial charge in [0.25, 0.3) is 0 Å². The third-order valence-corrected chi connectivity index (χ3v) is 4.04. The molecule has 0 bridgehead atoms. The van der Waals surface area contributed by atoms with Crippen molar-refractivity contribution in [2.24, 2.45) is 0 Å². The molecule has 2 nitrogen and oxygen atoms in total. The van der Waals surface area contributed by atoms with Crippen LogP contribution in [0.2, 0.25) is 6.55 Å². The van der Waals surface area contributed by atoms with E-state index in [9.17, 15) is 43.9 Å². The highest BCUT2D eigenvalue weighted by Gasteiger charge is 2.31. The van der Waals surface area contributed by atoms with E-state index in [0.29, 0.717) is 0 Å². The van der Waals surface area contributed by atoms with Crippen LogP contribution in [0.25, 0.3) is 0 Å². The first-order valence-electron chi connectivity index (χ1n) is 6.35. The summed E-state index contributed by atoms with van der Waals surface area (Å²) < 4.78 is 140. The van der Waals surface area contributed by atoms with E-state index in [1.807, 2.05) is 0 Å². The van der Waals surface area contributed by atoms with Crippen LogP contribution >= 0.6 is 0 Å². The van der Waals surface area contributed by atoms with Gasteiger partial charge in [-0.2, -0.15) is 17.6 Å². The lowest BCUT2D eigenvalue weighted by molar-refractivity contribution is 0.314. The number of rotatable bonds is 4. The summed E-state index contributed by atoms with van der Waals surface area (Å²) in [6, 6.07) is 0. The fraction of sp³-hybridized carbons (Fsp3) is 0.0769. The van der Waals surface area contributed by atoms with Crippen molar-refractivity contribution in [3.8, 4) is 11.5 Å². The molecule has 0 aromatic heterocycles. The summed E-state index contributed by atoms with van der Waals surface area (Å²) in [5, 5.41) is 0. The van der Waals surface area contributed by atoms with Crippen LogP contribution in [0.15, 0.2) is 0 Å². The fourth-order valence-corrected chi connectivity index (χ4v) is 2.86. The second-order valence-electron chi connectivity index (χ2n) is 4.60. The highest BCUT2D eigenvalue weighted by atomic mass is 28.3. The molecule has 142 valence electrons.